The van der Waals surface area contributed by atoms with Crippen molar-refractivity contribution in [1.29, 1.82) is 5.26 Å². The van der Waals surface area contributed by atoms with E-state index in [-0.39, 0.29) is 5.82 Å². The molecule has 0 N–H and O–H groups in total. The molecule has 0 spiro atoms. The van der Waals surface area contributed by atoms with Crippen LogP contribution in [0.4, 0.5) is 4.39 Å². The first-order chi connectivity index (χ1) is 11.7. The lowest BCUT2D eigenvalue weighted by Crippen LogP contribution is -2.04. The molecule has 1 aliphatic carbocycles. The molecule has 0 aliphatic heterocycles. The van der Waals surface area contributed by atoms with E-state index in [2.05, 4.69) is 15.6 Å². The van der Waals surface area contributed by atoms with Crippen molar-refractivity contribution < 1.29 is 4.39 Å². The Morgan fingerprint density at radius 2 is 1.96 bits per heavy atom. The Bertz CT molecular complexity index is 1140. The standard InChI is InChI=1S/C18H12FN5/c19-12-2-5-14-17(8-12)24(13-3-4-13)18(22-14)23-10-21-15-7-11(9-20)1-6-16(15)23/h1-2,5-8,10,13H,3-4H2. The lowest BCUT2D eigenvalue weighted by atomic mass is 10.2. The summed E-state index contributed by atoms with van der Waals surface area (Å²) in [5, 5.41) is 9.03. The fourth-order valence-electron chi connectivity index (χ4n) is 3.16. The van der Waals surface area contributed by atoms with E-state index < -0.39 is 0 Å². The molecule has 0 saturated heterocycles. The minimum absolute atomic E-state index is 0.259. The number of aromatic nitrogens is 4. The van der Waals surface area contributed by atoms with Gasteiger partial charge in [0.2, 0.25) is 5.95 Å². The summed E-state index contributed by atoms with van der Waals surface area (Å²) in [5.74, 6) is 0.482. The summed E-state index contributed by atoms with van der Waals surface area (Å²) in [6, 6.07) is 12.6. The van der Waals surface area contributed by atoms with Gasteiger partial charge < -0.3 is 4.57 Å². The van der Waals surface area contributed by atoms with Crippen LogP contribution < -0.4 is 0 Å². The zero-order chi connectivity index (χ0) is 16.3. The third-order valence-corrected chi connectivity index (χ3v) is 4.44. The Labute approximate surface area is 136 Å². The van der Waals surface area contributed by atoms with Crippen LogP contribution in [0.25, 0.3) is 28.0 Å². The molecule has 1 aliphatic rings. The van der Waals surface area contributed by atoms with E-state index >= 15 is 0 Å². The van der Waals surface area contributed by atoms with Crippen molar-refractivity contribution in [3.63, 3.8) is 0 Å². The normalized spacial score (nSPS) is 14.3. The smallest absolute Gasteiger partial charge is 0.216 e. The summed E-state index contributed by atoms with van der Waals surface area (Å²) < 4.78 is 17.7. The summed E-state index contributed by atoms with van der Waals surface area (Å²) in [7, 11) is 0. The third-order valence-electron chi connectivity index (χ3n) is 4.44. The largest absolute Gasteiger partial charge is 0.306 e. The molecule has 1 fully saturated rings. The first-order valence-electron chi connectivity index (χ1n) is 7.79. The highest BCUT2D eigenvalue weighted by Crippen LogP contribution is 2.40. The van der Waals surface area contributed by atoms with Gasteiger partial charge in [-0.25, -0.2) is 14.4 Å². The van der Waals surface area contributed by atoms with Crippen molar-refractivity contribution in [1.82, 2.24) is 19.1 Å². The lowest BCUT2D eigenvalue weighted by molar-refractivity contribution is 0.627. The van der Waals surface area contributed by atoms with Gasteiger partial charge in [0, 0.05) is 6.04 Å². The molecule has 5 nitrogen and oxygen atoms in total. The molecule has 0 bridgehead atoms. The quantitative estimate of drug-likeness (QED) is 0.566. The monoisotopic (exact) mass is 317 g/mol. The number of nitrogens with zero attached hydrogens (tertiary/aromatic N) is 5. The number of halogens is 1. The first-order valence-corrected chi connectivity index (χ1v) is 7.79. The van der Waals surface area contributed by atoms with E-state index in [4.69, 9.17) is 10.2 Å². The molecule has 0 atom stereocenters. The number of rotatable bonds is 2. The molecule has 6 heteroatoms. The predicted molar refractivity (Wildman–Crippen MR) is 87.3 cm³/mol. The van der Waals surface area contributed by atoms with Crippen LogP contribution in [0.5, 0.6) is 0 Å². The van der Waals surface area contributed by atoms with Gasteiger partial charge in [0.15, 0.2) is 0 Å². The summed E-state index contributed by atoms with van der Waals surface area (Å²) in [6.07, 6.45) is 3.85. The molecule has 116 valence electrons. The van der Waals surface area contributed by atoms with Crippen molar-refractivity contribution in [2.75, 3.05) is 0 Å². The molecule has 2 aromatic heterocycles. The van der Waals surface area contributed by atoms with E-state index in [1.165, 1.54) is 12.1 Å². The van der Waals surface area contributed by atoms with Gasteiger partial charge in [0.1, 0.15) is 12.1 Å². The number of nitriles is 1. The Hall–Kier alpha value is -3.20. The van der Waals surface area contributed by atoms with Gasteiger partial charge in [-0.15, -0.1) is 0 Å². The average Bonchev–Trinajstić information content (AvgIpc) is 3.24. The maximum atomic E-state index is 13.7. The van der Waals surface area contributed by atoms with E-state index in [0.717, 1.165) is 40.9 Å². The maximum Gasteiger partial charge on any atom is 0.216 e. The van der Waals surface area contributed by atoms with Crippen LogP contribution in [-0.2, 0) is 0 Å². The first kappa shape index (κ1) is 13.3. The molecule has 5 rings (SSSR count). The van der Waals surface area contributed by atoms with Crippen LogP contribution >= 0.6 is 0 Å². The molecular weight excluding hydrogens is 305 g/mol. The molecule has 2 aromatic carbocycles. The van der Waals surface area contributed by atoms with Crippen LogP contribution in [0.2, 0.25) is 0 Å². The predicted octanol–water partition coefficient (Wildman–Crippen LogP) is 3.72. The lowest BCUT2D eigenvalue weighted by Gasteiger charge is -2.08. The van der Waals surface area contributed by atoms with Crippen LogP contribution in [-0.4, -0.2) is 19.1 Å². The van der Waals surface area contributed by atoms with Gasteiger partial charge in [0.05, 0.1) is 33.7 Å². The molecular formula is C18H12FN5. The summed E-state index contributed by atoms with van der Waals surface area (Å²) in [5.41, 5.74) is 3.78. The summed E-state index contributed by atoms with van der Waals surface area (Å²) >= 11 is 0. The molecule has 2 heterocycles. The van der Waals surface area contributed by atoms with Gasteiger partial charge >= 0.3 is 0 Å². The van der Waals surface area contributed by atoms with Crippen molar-refractivity contribution >= 4 is 22.1 Å². The van der Waals surface area contributed by atoms with Gasteiger partial charge in [-0.05, 0) is 49.2 Å². The number of hydrogen-bond donors (Lipinski definition) is 0. The average molecular weight is 317 g/mol. The van der Waals surface area contributed by atoms with Crippen LogP contribution in [0.3, 0.4) is 0 Å². The van der Waals surface area contributed by atoms with Crippen LogP contribution in [0.15, 0.2) is 42.7 Å². The zero-order valence-corrected chi connectivity index (χ0v) is 12.6. The second-order valence-corrected chi connectivity index (χ2v) is 6.08. The third kappa shape index (κ3) is 1.85. The van der Waals surface area contributed by atoms with Crippen molar-refractivity contribution in [2.45, 2.75) is 18.9 Å². The number of imidazole rings is 2. The fraction of sp³-hybridized carbons (Fsp3) is 0.167. The molecule has 0 radical (unpaired) electrons. The fourth-order valence-corrected chi connectivity index (χ4v) is 3.16. The van der Waals surface area contributed by atoms with E-state index in [1.54, 1.807) is 24.5 Å². The highest BCUT2D eigenvalue weighted by atomic mass is 19.1. The SMILES string of the molecule is N#Cc1ccc2c(c1)ncn2-c1nc2ccc(F)cc2n1C1CC1. The van der Waals surface area contributed by atoms with Crippen LogP contribution in [0.1, 0.15) is 24.4 Å². The van der Waals surface area contributed by atoms with Gasteiger partial charge in [-0.2, -0.15) is 5.26 Å². The minimum Gasteiger partial charge on any atom is -0.306 e. The molecule has 24 heavy (non-hydrogen) atoms. The molecule has 4 aromatic rings. The zero-order valence-electron chi connectivity index (χ0n) is 12.6. The number of fused-ring (bicyclic) bond motifs is 2. The van der Waals surface area contributed by atoms with Crippen molar-refractivity contribution in [3.8, 4) is 12.0 Å². The van der Waals surface area contributed by atoms with Gasteiger partial charge in [0.25, 0.3) is 0 Å². The molecule has 0 amide bonds. The second-order valence-electron chi connectivity index (χ2n) is 6.08. The van der Waals surface area contributed by atoms with E-state index in [1.807, 2.05) is 10.6 Å². The Morgan fingerprint density at radius 3 is 2.75 bits per heavy atom. The van der Waals surface area contributed by atoms with Crippen molar-refractivity contribution in [2.24, 2.45) is 0 Å². The Morgan fingerprint density at radius 1 is 1.08 bits per heavy atom. The molecule has 1 saturated carbocycles. The topological polar surface area (TPSA) is 59.4 Å². The maximum absolute atomic E-state index is 13.7. The second kappa shape index (κ2) is 4.65. The van der Waals surface area contributed by atoms with Crippen molar-refractivity contribution in [3.05, 3.63) is 54.1 Å². The highest BCUT2D eigenvalue weighted by molar-refractivity contribution is 5.81. The molecule has 0 unspecified atom stereocenters. The summed E-state index contributed by atoms with van der Waals surface area (Å²) in [6.45, 7) is 0. The Balaban J connectivity index is 1.80. The summed E-state index contributed by atoms with van der Waals surface area (Å²) in [4.78, 5) is 9.10. The number of hydrogen-bond acceptors (Lipinski definition) is 3. The van der Waals surface area contributed by atoms with Crippen LogP contribution in [0, 0.1) is 17.1 Å². The Kier molecular flexibility index (Phi) is 2.57. The van der Waals surface area contributed by atoms with E-state index in [0.29, 0.717) is 11.6 Å². The highest BCUT2D eigenvalue weighted by Gasteiger charge is 2.29. The van der Waals surface area contributed by atoms with Gasteiger partial charge in [-0.1, -0.05) is 0 Å². The minimum atomic E-state index is -0.259. The van der Waals surface area contributed by atoms with Gasteiger partial charge in [-0.3, -0.25) is 4.57 Å². The number of benzene rings is 2. The van der Waals surface area contributed by atoms with E-state index in [9.17, 15) is 4.39 Å².